The molecule has 0 aliphatic carbocycles. The molecule has 1 aromatic heterocycles. The SMILES string of the molecule is COCCC[C@H](NC(=O)[C@@H]1C[C@@H](OCc2ccc(C)cc2)CN1C(=O)[C@@H](CCC1CCNCC1)NS(C)(=O)=O)C(=O)c1nc2ccccc2o1. The molecule has 2 aliphatic rings. The maximum atomic E-state index is 14.3. The van der Waals surface area contributed by atoms with E-state index in [9.17, 15) is 22.8 Å². The topological polar surface area (TPSA) is 169 Å². The van der Waals surface area contributed by atoms with Crippen molar-refractivity contribution in [3.05, 3.63) is 65.5 Å². The standard InChI is InChI=1S/C36H49N5O8S/c1-24-10-12-26(13-11-24)23-48-27-21-31(41(22-27)36(44)30(40-50(3,45)46)15-14-25-16-18-37-19-17-25)34(43)38-29(8-6-20-47-2)33(42)35-39-28-7-4-5-9-32(28)49-35/h4-5,7,9-13,25,27,29-31,37,40H,6,8,14-23H2,1-3H3,(H,38,43)/t27-,29+,30-,31+/m1/s1. The van der Waals surface area contributed by atoms with Crippen LogP contribution in [-0.4, -0.2) is 99.7 Å². The molecule has 5 rings (SSSR count). The molecule has 272 valence electrons. The van der Waals surface area contributed by atoms with Crippen LogP contribution in [-0.2, 0) is 35.7 Å². The minimum absolute atomic E-state index is 0.0888. The van der Waals surface area contributed by atoms with Crippen molar-refractivity contribution in [2.45, 2.75) is 82.7 Å². The number of hydrogen-bond acceptors (Lipinski definition) is 10. The molecule has 3 N–H and O–H groups in total. The first kappa shape index (κ1) is 37.6. The third kappa shape index (κ3) is 10.4. The number of para-hydroxylation sites is 2. The first-order valence-electron chi connectivity index (χ1n) is 17.4. The summed E-state index contributed by atoms with van der Waals surface area (Å²) in [7, 11) is -2.20. The Morgan fingerprint density at radius 2 is 1.80 bits per heavy atom. The van der Waals surface area contributed by atoms with E-state index in [1.807, 2.05) is 31.2 Å². The highest BCUT2D eigenvalue weighted by Crippen LogP contribution is 2.26. The van der Waals surface area contributed by atoms with Crippen molar-refractivity contribution in [2.75, 3.05) is 39.6 Å². The Morgan fingerprint density at radius 1 is 1.06 bits per heavy atom. The normalized spacial score (nSPS) is 19.8. The summed E-state index contributed by atoms with van der Waals surface area (Å²) in [5.41, 5.74) is 3.03. The molecule has 2 amide bonds. The minimum Gasteiger partial charge on any atom is -0.434 e. The van der Waals surface area contributed by atoms with E-state index in [0.717, 1.165) is 43.3 Å². The summed E-state index contributed by atoms with van der Waals surface area (Å²) in [6.45, 7) is 4.49. The van der Waals surface area contributed by atoms with Crippen LogP contribution in [0.4, 0.5) is 0 Å². The zero-order chi connectivity index (χ0) is 35.7. The number of nitrogens with zero attached hydrogens (tertiary/aromatic N) is 2. The van der Waals surface area contributed by atoms with E-state index in [4.69, 9.17) is 13.9 Å². The average Bonchev–Trinajstić information content (AvgIpc) is 3.74. The minimum atomic E-state index is -3.75. The molecule has 0 unspecified atom stereocenters. The number of benzene rings is 2. The number of amides is 2. The third-order valence-electron chi connectivity index (χ3n) is 9.41. The summed E-state index contributed by atoms with van der Waals surface area (Å²) in [5, 5.41) is 6.21. The van der Waals surface area contributed by atoms with Crippen LogP contribution >= 0.6 is 0 Å². The lowest BCUT2D eigenvalue weighted by molar-refractivity contribution is -0.140. The van der Waals surface area contributed by atoms with Crippen molar-refractivity contribution >= 4 is 38.7 Å². The quantitative estimate of drug-likeness (QED) is 0.140. The molecule has 2 fully saturated rings. The lowest BCUT2D eigenvalue weighted by Crippen LogP contribution is -2.55. The fraction of sp³-hybridized carbons (Fsp3) is 0.556. The average molecular weight is 712 g/mol. The van der Waals surface area contributed by atoms with Gasteiger partial charge in [0.2, 0.25) is 27.6 Å². The first-order valence-corrected chi connectivity index (χ1v) is 19.2. The number of aromatic nitrogens is 1. The number of nitrogens with one attached hydrogen (secondary N) is 3. The van der Waals surface area contributed by atoms with Crippen LogP contribution in [0.15, 0.2) is 52.9 Å². The number of carbonyl (C=O) groups is 3. The molecule has 3 aromatic rings. The molecular weight excluding hydrogens is 662 g/mol. The van der Waals surface area contributed by atoms with Gasteiger partial charge in [-0.15, -0.1) is 0 Å². The summed E-state index contributed by atoms with van der Waals surface area (Å²) in [5.74, 6) is -1.28. The van der Waals surface area contributed by atoms with Gasteiger partial charge in [-0.25, -0.2) is 18.1 Å². The lowest BCUT2D eigenvalue weighted by Gasteiger charge is -2.30. The van der Waals surface area contributed by atoms with Crippen LogP contribution in [0.5, 0.6) is 0 Å². The van der Waals surface area contributed by atoms with Gasteiger partial charge < -0.3 is 29.4 Å². The molecule has 2 saturated heterocycles. The van der Waals surface area contributed by atoms with Gasteiger partial charge in [0.15, 0.2) is 5.58 Å². The van der Waals surface area contributed by atoms with E-state index in [2.05, 4.69) is 20.3 Å². The maximum absolute atomic E-state index is 14.3. The van der Waals surface area contributed by atoms with E-state index in [1.165, 1.54) is 4.90 Å². The largest absolute Gasteiger partial charge is 0.434 e. The van der Waals surface area contributed by atoms with Crippen LogP contribution in [0, 0.1) is 12.8 Å². The number of methoxy groups -OCH3 is 1. The Bertz CT molecular complexity index is 1670. The summed E-state index contributed by atoms with van der Waals surface area (Å²) in [6.07, 6.45) is 4.28. The highest BCUT2D eigenvalue weighted by molar-refractivity contribution is 7.88. The molecule has 13 nitrogen and oxygen atoms in total. The number of oxazole rings is 1. The lowest BCUT2D eigenvalue weighted by atomic mass is 9.91. The fourth-order valence-corrected chi connectivity index (χ4v) is 7.40. The van der Waals surface area contributed by atoms with Crippen LogP contribution in [0.25, 0.3) is 11.1 Å². The van der Waals surface area contributed by atoms with Gasteiger partial charge in [-0.2, -0.15) is 0 Å². The molecule has 3 heterocycles. The predicted octanol–water partition coefficient (Wildman–Crippen LogP) is 3.11. The number of Topliss-reactive ketones (excluding diaryl/α,β-unsaturated/α-hetero) is 1. The number of likely N-dealkylation sites (tertiary alicyclic amines) is 1. The van der Waals surface area contributed by atoms with Crippen molar-refractivity contribution in [3.8, 4) is 0 Å². The second-order valence-electron chi connectivity index (χ2n) is 13.4. The maximum Gasteiger partial charge on any atom is 0.266 e. The Kier molecular flexibility index (Phi) is 13.1. The number of sulfonamides is 1. The summed E-state index contributed by atoms with van der Waals surface area (Å²) in [6, 6.07) is 11.9. The number of rotatable bonds is 17. The van der Waals surface area contributed by atoms with Crippen molar-refractivity contribution in [2.24, 2.45) is 5.92 Å². The smallest absolute Gasteiger partial charge is 0.266 e. The number of carbonyl (C=O) groups excluding carboxylic acids is 3. The van der Waals surface area contributed by atoms with E-state index < -0.39 is 51.9 Å². The van der Waals surface area contributed by atoms with Crippen LogP contribution in [0.3, 0.4) is 0 Å². The van der Waals surface area contributed by atoms with Crippen molar-refractivity contribution < 1.29 is 36.7 Å². The van der Waals surface area contributed by atoms with Gasteiger partial charge >= 0.3 is 0 Å². The van der Waals surface area contributed by atoms with Gasteiger partial charge in [0.05, 0.1) is 25.0 Å². The summed E-state index contributed by atoms with van der Waals surface area (Å²) >= 11 is 0. The molecule has 0 bridgehead atoms. The highest BCUT2D eigenvalue weighted by atomic mass is 32.2. The van der Waals surface area contributed by atoms with Crippen molar-refractivity contribution in [1.29, 1.82) is 0 Å². The number of ether oxygens (including phenoxy) is 2. The predicted molar refractivity (Wildman–Crippen MR) is 188 cm³/mol. The molecule has 2 aliphatic heterocycles. The molecular formula is C36H49N5O8S. The fourth-order valence-electron chi connectivity index (χ4n) is 6.67. The van der Waals surface area contributed by atoms with Gasteiger partial charge in [0.1, 0.15) is 17.6 Å². The van der Waals surface area contributed by atoms with E-state index >= 15 is 0 Å². The number of aryl methyl sites for hydroxylation is 1. The molecule has 4 atom stereocenters. The number of hydrogen-bond donors (Lipinski definition) is 3. The zero-order valence-electron chi connectivity index (χ0n) is 29.1. The molecule has 2 aromatic carbocycles. The van der Waals surface area contributed by atoms with Gasteiger partial charge in [-0.1, -0.05) is 42.0 Å². The van der Waals surface area contributed by atoms with E-state index in [0.29, 0.717) is 42.9 Å². The van der Waals surface area contributed by atoms with Gasteiger partial charge in [-0.3, -0.25) is 14.4 Å². The third-order valence-corrected chi connectivity index (χ3v) is 10.1. The molecule has 0 saturated carbocycles. The molecule has 50 heavy (non-hydrogen) atoms. The Labute approximate surface area is 293 Å². The highest BCUT2D eigenvalue weighted by Gasteiger charge is 2.44. The first-order chi connectivity index (χ1) is 24.0. The van der Waals surface area contributed by atoms with Gasteiger partial charge in [-0.05, 0) is 82.2 Å². The number of fused-ring (bicyclic) bond motifs is 1. The van der Waals surface area contributed by atoms with E-state index in [-0.39, 0.29) is 31.9 Å². The second kappa shape index (κ2) is 17.5. The summed E-state index contributed by atoms with van der Waals surface area (Å²) < 4.78 is 44.6. The van der Waals surface area contributed by atoms with Crippen molar-refractivity contribution in [3.63, 3.8) is 0 Å². The zero-order valence-corrected chi connectivity index (χ0v) is 29.9. The Balaban J connectivity index is 1.37. The number of piperidine rings is 1. The number of ketones is 1. The van der Waals surface area contributed by atoms with Gasteiger partial charge in [0.25, 0.3) is 5.89 Å². The molecule has 14 heteroatoms. The monoisotopic (exact) mass is 711 g/mol. The van der Waals surface area contributed by atoms with Crippen molar-refractivity contribution in [1.82, 2.24) is 25.2 Å². The van der Waals surface area contributed by atoms with Crippen LogP contribution in [0.1, 0.15) is 66.8 Å². The van der Waals surface area contributed by atoms with E-state index in [1.54, 1.807) is 31.4 Å². The second-order valence-corrected chi connectivity index (χ2v) is 15.2. The Morgan fingerprint density at radius 3 is 2.50 bits per heavy atom. The summed E-state index contributed by atoms with van der Waals surface area (Å²) in [4.78, 5) is 47.9. The molecule has 0 radical (unpaired) electrons. The Hall–Kier alpha value is -3.69. The van der Waals surface area contributed by atoms with Crippen LogP contribution < -0.4 is 15.4 Å². The molecule has 0 spiro atoms. The van der Waals surface area contributed by atoms with Crippen LogP contribution in [0.2, 0.25) is 0 Å². The van der Waals surface area contributed by atoms with Gasteiger partial charge in [0, 0.05) is 26.7 Å².